The number of phenolic OH excluding ortho intramolecular Hbond substituents is 2. The SMILES string of the molecule is CCCCCCCCCCOC(=O)C(Cc1cc(C(C)(C)C)c(O)c(C(C)(C)C)c1)(C(=O)O)C(CCS)c1cc(C(C)(C)C)c(O)c(C(C)(C)C)c1. The molecule has 0 heterocycles. The summed E-state index contributed by atoms with van der Waals surface area (Å²) in [5, 5.41) is 34.6. The van der Waals surface area contributed by atoms with Crippen LogP contribution in [0.25, 0.3) is 0 Å². The van der Waals surface area contributed by atoms with Crippen molar-refractivity contribution < 1.29 is 29.6 Å². The monoisotopic (exact) mass is 741 g/mol. The number of unbranched alkanes of at least 4 members (excludes halogenated alkanes) is 7. The van der Waals surface area contributed by atoms with Gasteiger partial charge in [-0.25, -0.2) is 0 Å². The van der Waals surface area contributed by atoms with Crippen molar-refractivity contribution in [1.29, 1.82) is 0 Å². The van der Waals surface area contributed by atoms with E-state index in [0.717, 1.165) is 19.3 Å². The van der Waals surface area contributed by atoms with Gasteiger partial charge in [0, 0.05) is 5.92 Å². The van der Waals surface area contributed by atoms with Gasteiger partial charge >= 0.3 is 11.9 Å². The van der Waals surface area contributed by atoms with Crippen molar-refractivity contribution in [2.45, 2.75) is 182 Å². The second-order valence-corrected chi connectivity index (χ2v) is 19.6. The largest absolute Gasteiger partial charge is 0.507 e. The van der Waals surface area contributed by atoms with E-state index >= 15 is 0 Å². The average Bonchev–Trinajstić information content (AvgIpc) is 3.00. The van der Waals surface area contributed by atoms with Crippen LogP contribution in [0, 0.1) is 5.41 Å². The molecule has 0 fully saturated rings. The summed E-state index contributed by atoms with van der Waals surface area (Å²) < 4.78 is 6.03. The molecule has 0 aromatic heterocycles. The Morgan fingerprint density at radius 1 is 0.654 bits per heavy atom. The van der Waals surface area contributed by atoms with Crippen LogP contribution < -0.4 is 0 Å². The molecule has 6 nitrogen and oxygen atoms in total. The van der Waals surface area contributed by atoms with E-state index < -0.39 is 44.9 Å². The average molecular weight is 741 g/mol. The Bertz CT molecular complexity index is 1430. The molecule has 0 radical (unpaired) electrons. The smallest absolute Gasteiger partial charge is 0.324 e. The number of aromatic hydroxyl groups is 2. The lowest BCUT2D eigenvalue weighted by molar-refractivity contribution is -0.171. The van der Waals surface area contributed by atoms with Gasteiger partial charge in [0.05, 0.1) is 6.61 Å². The van der Waals surface area contributed by atoms with Gasteiger partial charge in [-0.15, -0.1) is 0 Å². The van der Waals surface area contributed by atoms with E-state index in [1.807, 2.05) is 107 Å². The zero-order chi connectivity index (χ0) is 39.9. The Balaban J connectivity index is 2.89. The summed E-state index contributed by atoms with van der Waals surface area (Å²) in [6.45, 7) is 26.6. The molecule has 0 aliphatic rings. The van der Waals surface area contributed by atoms with Gasteiger partial charge < -0.3 is 20.1 Å². The first-order valence-corrected chi connectivity index (χ1v) is 20.2. The molecular weight excluding hydrogens is 669 g/mol. The summed E-state index contributed by atoms with van der Waals surface area (Å²) in [7, 11) is 0. The van der Waals surface area contributed by atoms with E-state index in [9.17, 15) is 24.9 Å². The van der Waals surface area contributed by atoms with E-state index in [2.05, 4.69) is 19.6 Å². The molecule has 0 saturated carbocycles. The first-order chi connectivity index (χ1) is 23.8. The summed E-state index contributed by atoms with van der Waals surface area (Å²) >= 11 is 4.62. The molecule has 2 atom stereocenters. The summed E-state index contributed by atoms with van der Waals surface area (Å²) in [5.41, 5.74) is 0.244. The standard InChI is InChI=1S/C45H72O6S/c1-14-15-16-17-18-19-20-21-23-51-40(50)45(39(48)49,29-30-25-33(41(2,3)4)37(46)34(26-30)42(5,6)7)32(22-24-52)31-27-35(43(8,9)10)38(47)36(28-31)44(11,12)13/h25-28,32,46-47,52H,14-24,29H2,1-13H3,(H,48,49). The lowest BCUT2D eigenvalue weighted by Crippen LogP contribution is -2.48. The number of rotatable bonds is 17. The molecule has 3 N–H and O–H groups in total. The molecule has 52 heavy (non-hydrogen) atoms. The quantitative estimate of drug-likeness (QED) is 0.0557. The van der Waals surface area contributed by atoms with Gasteiger partial charge in [0.15, 0.2) is 5.41 Å². The van der Waals surface area contributed by atoms with Crippen LogP contribution in [-0.2, 0) is 42.4 Å². The Morgan fingerprint density at radius 3 is 1.40 bits per heavy atom. The molecule has 2 rings (SSSR count). The van der Waals surface area contributed by atoms with Gasteiger partial charge in [0.2, 0.25) is 0 Å². The van der Waals surface area contributed by atoms with Gasteiger partial charge in [0.1, 0.15) is 11.5 Å². The van der Waals surface area contributed by atoms with Crippen LogP contribution in [0.15, 0.2) is 24.3 Å². The van der Waals surface area contributed by atoms with Crippen LogP contribution in [0.1, 0.15) is 187 Å². The number of carboxylic acid groups (broad SMARTS) is 1. The maximum absolute atomic E-state index is 14.7. The van der Waals surface area contributed by atoms with Gasteiger partial charge in [0.25, 0.3) is 0 Å². The molecule has 0 amide bonds. The second kappa shape index (κ2) is 18.1. The van der Waals surface area contributed by atoms with Crippen LogP contribution >= 0.6 is 12.6 Å². The van der Waals surface area contributed by atoms with Gasteiger partial charge in [-0.3, -0.25) is 9.59 Å². The number of aliphatic carboxylic acids is 1. The number of carbonyl (C=O) groups is 2. The summed E-state index contributed by atoms with van der Waals surface area (Å²) in [6, 6.07) is 7.51. The highest BCUT2D eigenvalue weighted by molar-refractivity contribution is 7.80. The van der Waals surface area contributed by atoms with E-state index in [1.54, 1.807) is 0 Å². The third-order valence-corrected chi connectivity index (χ3v) is 10.7. The van der Waals surface area contributed by atoms with E-state index in [-0.39, 0.29) is 30.9 Å². The molecular formula is C45H72O6S. The fourth-order valence-electron chi connectivity index (χ4n) is 7.27. The van der Waals surface area contributed by atoms with Crippen LogP contribution in [0.4, 0.5) is 0 Å². The summed E-state index contributed by atoms with van der Waals surface area (Å²) in [5.74, 6) is -2.14. The lowest BCUT2D eigenvalue weighted by Gasteiger charge is -2.38. The first-order valence-electron chi connectivity index (χ1n) is 19.6. The zero-order valence-electron chi connectivity index (χ0n) is 34.9. The molecule has 0 saturated heterocycles. The minimum Gasteiger partial charge on any atom is -0.507 e. The van der Waals surface area contributed by atoms with Crippen molar-refractivity contribution in [1.82, 2.24) is 0 Å². The fourth-order valence-corrected chi connectivity index (χ4v) is 7.53. The lowest BCUT2D eigenvalue weighted by atomic mass is 9.65. The highest BCUT2D eigenvalue weighted by Gasteiger charge is 2.55. The molecule has 2 unspecified atom stereocenters. The molecule has 0 spiro atoms. The number of carbonyl (C=O) groups excluding carboxylic acids is 1. The third-order valence-electron chi connectivity index (χ3n) is 10.4. The van der Waals surface area contributed by atoms with Gasteiger partial charge in [-0.2, -0.15) is 12.6 Å². The van der Waals surface area contributed by atoms with Crippen molar-refractivity contribution in [3.63, 3.8) is 0 Å². The zero-order valence-corrected chi connectivity index (χ0v) is 35.8. The number of benzene rings is 2. The normalized spacial score (nSPS) is 14.6. The number of hydrogen-bond donors (Lipinski definition) is 4. The first kappa shape index (κ1) is 45.5. The minimum atomic E-state index is -2.02. The van der Waals surface area contributed by atoms with E-state index in [0.29, 0.717) is 45.6 Å². The molecule has 0 aliphatic heterocycles. The predicted octanol–water partition coefficient (Wildman–Crippen LogP) is 11.7. The number of esters is 1. The Labute approximate surface area is 322 Å². The van der Waals surface area contributed by atoms with Crippen LogP contribution in [-0.4, -0.2) is 39.6 Å². The van der Waals surface area contributed by atoms with Gasteiger partial charge in [-0.05, 0) is 80.1 Å². The summed E-state index contributed by atoms with van der Waals surface area (Å²) in [4.78, 5) is 28.8. The van der Waals surface area contributed by atoms with E-state index in [4.69, 9.17) is 4.74 Å². The van der Waals surface area contributed by atoms with Crippen molar-refractivity contribution in [3.05, 3.63) is 57.6 Å². The Hall–Kier alpha value is -2.67. The summed E-state index contributed by atoms with van der Waals surface area (Å²) in [6.07, 6.45) is 8.77. The van der Waals surface area contributed by atoms with Crippen LogP contribution in [0.2, 0.25) is 0 Å². The van der Waals surface area contributed by atoms with Crippen molar-refractivity contribution >= 4 is 24.6 Å². The molecule has 2 aromatic carbocycles. The molecule has 0 aliphatic carbocycles. The minimum absolute atomic E-state index is 0.139. The van der Waals surface area contributed by atoms with Crippen LogP contribution in [0.5, 0.6) is 11.5 Å². The number of hydrogen-bond acceptors (Lipinski definition) is 6. The van der Waals surface area contributed by atoms with E-state index in [1.165, 1.54) is 25.7 Å². The maximum Gasteiger partial charge on any atom is 0.324 e. The topological polar surface area (TPSA) is 104 Å². The Kier molecular flexibility index (Phi) is 15.8. The fraction of sp³-hybridized carbons (Fsp3) is 0.689. The van der Waals surface area contributed by atoms with Crippen molar-refractivity contribution in [2.24, 2.45) is 5.41 Å². The van der Waals surface area contributed by atoms with Crippen LogP contribution in [0.3, 0.4) is 0 Å². The number of phenols is 2. The number of thiol groups is 1. The third kappa shape index (κ3) is 11.4. The molecule has 0 bridgehead atoms. The van der Waals surface area contributed by atoms with Crippen molar-refractivity contribution in [2.75, 3.05) is 12.4 Å². The number of ether oxygens (including phenoxy) is 1. The molecule has 2 aromatic rings. The molecule has 294 valence electrons. The number of carboxylic acids is 1. The van der Waals surface area contributed by atoms with Crippen molar-refractivity contribution in [3.8, 4) is 11.5 Å². The highest BCUT2D eigenvalue weighted by Crippen LogP contribution is 2.49. The highest BCUT2D eigenvalue weighted by atomic mass is 32.1. The molecule has 7 heteroatoms. The Morgan fingerprint density at radius 2 is 1.04 bits per heavy atom. The second-order valence-electron chi connectivity index (χ2n) is 19.1. The van der Waals surface area contributed by atoms with Gasteiger partial charge in [-0.1, -0.05) is 159 Å². The predicted molar refractivity (Wildman–Crippen MR) is 220 cm³/mol. The maximum atomic E-state index is 14.7.